The Morgan fingerprint density at radius 2 is 2.41 bits per heavy atom. The van der Waals surface area contributed by atoms with Gasteiger partial charge in [0.15, 0.2) is 0 Å². The lowest BCUT2D eigenvalue weighted by Gasteiger charge is -2.24. The van der Waals surface area contributed by atoms with E-state index >= 15 is 0 Å². The molecule has 0 aromatic carbocycles. The van der Waals surface area contributed by atoms with Crippen LogP contribution in [0.4, 0.5) is 5.82 Å². The quantitative estimate of drug-likeness (QED) is 0.757. The van der Waals surface area contributed by atoms with E-state index in [0.29, 0.717) is 12.0 Å². The summed E-state index contributed by atoms with van der Waals surface area (Å²) in [4.78, 5) is 10.8. The van der Waals surface area contributed by atoms with Crippen molar-refractivity contribution in [2.75, 3.05) is 24.6 Å². The van der Waals surface area contributed by atoms with Crippen LogP contribution in [0.1, 0.15) is 25.5 Å². The van der Waals surface area contributed by atoms with Gasteiger partial charge in [-0.1, -0.05) is 0 Å². The predicted molar refractivity (Wildman–Crippen MR) is 68.5 cm³/mol. The molecule has 1 aromatic heterocycles. The van der Waals surface area contributed by atoms with Crippen LogP contribution in [-0.4, -0.2) is 35.8 Å². The van der Waals surface area contributed by atoms with Crippen LogP contribution in [0.2, 0.25) is 0 Å². The molecule has 1 aliphatic rings. The van der Waals surface area contributed by atoms with Crippen molar-refractivity contribution >= 4 is 17.4 Å². The fourth-order valence-corrected chi connectivity index (χ4v) is 2.16. The molecule has 0 bridgehead atoms. The molecule has 1 unspecified atom stereocenters. The molecule has 1 atom stereocenters. The number of nitrogens with zero attached hydrogens (tertiary/aromatic N) is 3. The van der Waals surface area contributed by atoms with Gasteiger partial charge in [-0.25, -0.2) is 4.98 Å². The number of hydrogen-bond acceptors (Lipinski definition) is 4. The highest BCUT2D eigenvalue weighted by molar-refractivity contribution is 6.16. The van der Waals surface area contributed by atoms with Crippen molar-refractivity contribution < 1.29 is 4.74 Å². The van der Waals surface area contributed by atoms with Gasteiger partial charge >= 0.3 is 0 Å². The van der Waals surface area contributed by atoms with Crippen LogP contribution in [0.3, 0.4) is 0 Å². The first kappa shape index (κ1) is 12.6. The molecule has 2 rings (SSSR count). The molecule has 17 heavy (non-hydrogen) atoms. The van der Waals surface area contributed by atoms with Crippen LogP contribution in [0, 0.1) is 0 Å². The Bertz CT molecular complexity index is 355. The molecule has 1 fully saturated rings. The summed E-state index contributed by atoms with van der Waals surface area (Å²) in [6, 6.07) is 0. The molecule has 0 aliphatic carbocycles. The van der Waals surface area contributed by atoms with Crippen LogP contribution >= 0.6 is 11.6 Å². The Kier molecular flexibility index (Phi) is 4.57. The van der Waals surface area contributed by atoms with E-state index in [1.807, 2.05) is 0 Å². The van der Waals surface area contributed by atoms with Gasteiger partial charge in [0, 0.05) is 25.9 Å². The molecular formula is C12H18ClN3O. The topological polar surface area (TPSA) is 38.2 Å². The van der Waals surface area contributed by atoms with Gasteiger partial charge in [-0.3, -0.25) is 4.98 Å². The number of halogens is 1. The van der Waals surface area contributed by atoms with Gasteiger partial charge in [-0.2, -0.15) is 0 Å². The average Bonchev–Trinajstić information content (AvgIpc) is 2.89. The summed E-state index contributed by atoms with van der Waals surface area (Å²) in [6.07, 6.45) is 6.12. The molecule has 0 radical (unpaired) electrons. The van der Waals surface area contributed by atoms with E-state index in [2.05, 4.69) is 21.8 Å². The lowest BCUT2D eigenvalue weighted by molar-refractivity contribution is 0.115. The van der Waals surface area contributed by atoms with Crippen molar-refractivity contribution in [3.05, 3.63) is 18.1 Å². The summed E-state index contributed by atoms with van der Waals surface area (Å²) in [6.45, 7) is 4.79. The van der Waals surface area contributed by atoms with Crippen LogP contribution in [0.5, 0.6) is 0 Å². The lowest BCUT2D eigenvalue weighted by Crippen LogP contribution is -2.32. The van der Waals surface area contributed by atoms with E-state index < -0.39 is 0 Å². The zero-order valence-corrected chi connectivity index (χ0v) is 10.9. The van der Waals surface area contributed by atoms with Gasteiger partial charge in [-0.15, -0.1) is 11.6 Å². The Morgan fingerprint density at radius 1 is 1.53 bits per heavy atom. The van der Waals surface area contributed by atoms with Gasteiger partial charge in [-0.05, 0) is 19.8 Å². The molecule has 94 valence electrons. The third kappa shape index (κ3) is 3.30. The Hall–Kier alpha value is -0.870. The van der Waals surface area contributed by atoms with Crippen LogP contribution < -0.4 is 4.90 Å². The SMILES string of the molecule is CCN(CC1CCCO1)c1cncc(CCl)n1. The minimum absolute atomic E-state index is 0.330. The second kappa shape index (κ2) is 6.17. The van der Waals surface area contributed by atoms with Crippen molar-refractivity contribution in [3.8, 4) is 0 Å². The van der Waals surface area contributed by atoms with Gasteiger partial charge in [0.2, 0.25) is 0 Å². The standard InChI is InChI=1S/C12H18ClN3O/c1-2-16(9-11-4-3-5-17-11)12-8-14-7-10(6-13)15-12/h7-8,11H,2-6,9H2,1H3. The molecule has 1 aliphatic heterocycles. The van der Waals surface area contributed by atoms with Gasteiger partial charge in [0.05, 0.1) is 23.9 Å². The first-order valence-corrected chi connectivity index (χ1v) is 6.60. The van der Waals surface area contributed by atoms with Crippen LogP contribution in [0.25, 0.3) is 0 Å². The summed E-state index contributed by atoms with van der Waals surface area (Å²) in [5, 5.41) is 0. The molecule has 0 saturated carbocycles. The molecule has 4 nitrogen and oxygen atoms in total. The third-order valence-corrected chi connectivity index (χ3v) is 3.24. The molecule has 0 spiro atoms. The van der Waals surface area contributed by atoms with Gasteiger partial charge < -0.3 is 9.64 Å². The molecule has 2 heterocycles. The normalized spacial score (nSPS) is 19.5. The highest BCUT2D eigenvalue weighted by atomic mass is 35.5. The number of likely N-dealkylation sites (N-methyl/N-ethyl adjacent to an activating group) is 1. The zero-order chi connectivity index (χ0) is 12.1. The van der Waals surface area contributed by atoms with Crippen molar-refractivity contribution in [2.45, 2.75) is 31.7 Å². The van der Waals surface area contributed by atoms with E-state index in [1.165, 1.54) is 0 Å². The Balaban J connectivity index is 2.04. The number of hydrogen-bond donors (Lipinski definition) is 0. The molecule has 0 amide bonds. The first-order chi connectivity index (χ1) is 8.33. The van der Waals surface area contributed by atoms with E-state index in [9.17, 15) is 0 Å². The summed E-state index contributed by atoms with van der Waals surface area (Å²) < 4.78 is 5.65. The molecular weight excluding hydrogens is 238 g/mol. The monoisotopic (exact) mass is 255 g/mol. The number of ether oxygens (including phenoxy) is 1. The minimum atomic E-state index is 0.330. The van der Waals surface area contributed by atoms with Crippen molar-refractivity contribution in [2.24, 2.45) is 0 Å². The maximum atomic E-state index is 5.77. The third-order valence-electron chi connectivity index (χ3n) is 2.96. The Morgan fingerprint density at radius 3 is 3.06 bits per heavy atom. The fraction of sp³-hybridized carbons (Fsp3) is 0.667. The second-order valence-electron chi connectivity index (χ2n) is 4.18. The summed E-state index contributed by atoms with van der Waals surface area (Å²) in [7, 11) is 0. The largest absolute Gasteiger partial charge is 0.376 e. The van der Waals surface area contributed by atoms with E-state index in [0.717, 1.165) is 44.0 Å². The molecule has 0 N–H and O–H groups in total. The Labute approximate surface area is 107 Å². The average molecular weight is 256 g/mol. The van der Waals surface area contributed by atoms with E-state index in [1.54, 1.807) is 12.4 Å². The molecule has 1 aromatic rings. The summed E-state index contributed by atoms with van der Waals surface area (Å²) in [5.41, 5.74) is 0.815. The van der Waals surface area contributed by atoms with E-state index in [4.69, 9.17) is 16.3 Å². The maximum Gasteiger partial charge on any atom is 0.147 e. The highest BCUT2D eigenvalue weighted by Gasteiger charge is 2.19. The van der Waals surface area contributed by atoms with Crippen LogP contribution in [-0.2, 0) is 10.6 Å². The number of anilines is 1. The smallest absolute Gasteiger partial charge is 0.147 e. The van der Waals surface area contributed by atoms with Crippen molar-refractivity contribution in [1.29, 1.82) is 0 Å². The lowest BCUT2D eigenvalue weighted by atomic mass is 10.2. The fourth-order valence-electron chi connectivity index (χ4n) is 2.03. The number of rotatable bonds is 5. The maximum absolute atomic E-state index is 5.77. The number of alkyl halides is 1. The van der Waals surface area contributed by atoms with E-state index in [-0.39, 0.29) is 0 Å². The summed E-state index contributed by atoms with van der Waals surface area (Å²) >= 11 is 5.77. The van der Waals surface area contributed by atoms with Crippen LogP contribution in [0.15, 0.2) is 12.4 Å². The van der Waals surface area contributed by atoms with Crippen molar-refractivity contribution in [3.63, 3.8) is 0 Å². The zero-order valence-electron chi connectivity index (χ0n) is 10.1. The molecule has 1 saturated heterocycles. The first-order valence-electron chi connectivity index (χ1n) is 6.07. The minimum Gasteiger partial charge on any atom is -0.376 e. The molecule has 5 heteroatoms. The summed E-state index contributed by atoms with van der Waals surface area (Å²) in [5.74, 6) is 1.29. The second-order valence-corrected chi connectivity index (χ2v) is 4.44. The predicted octanol–water partition coefficient (Wildman–Crippen LogP) is 2.22. The highest BCUT2D eigenvalue weighted by Crippen LogP contribution is 2.17. The van der Waals surface area contributed by atoms with Gasteiger partial charge in [0.1, 0.15) is 5.82 Å². The number of aromatic nitrogens is 2. The van der Waals surface area contributed by atoms with Crippen molar-refractivity contribution in [1.82, 2.24) is 9.97 Å². The van der Waals surface area contributed by atoms with Gasteiger partial charge in [0.25, 0.3) is 0 Å².